The molecule has 0 saturated heterocycles. The van der Waals surface area contributed by atoms with Crippen molar-refractivity contribution in [3.63, 3.8) is 0 Å². The first-order valence-electron chi connectivity index (χ1n) is 19.1. The fraction of sp³-hybridized carbons (Fsp3) is 0.316. The molecule has 1 aliphatic rings. The zero-order valence-corrected chi connectivity index (χ0v) is 34.4. The quantitative estimate of drug-likeness (QED) is 0.0394. The third kappa shape index (κ3) is 8.93. The van der Waals surface area contributed by atoms with Gasteiger partial charge in [-0.1, -0.05) is 12.2 Å². The molecule has 5 heterocycles. The lowest BCUT2D eigenvalue weighted by Crippen LogP contribution is -2.25. The van der Waals surface area contributed by atoms with E-state index in [0.717, 1.165) is 0 Å². The van der Waals surface area contributed by atoms with E-state index in [1.54, 1.807) is 50.6 Å². The van der Waals surface area contributed by atoms with E-state index in [2.05, 4.69) is 30.3 Å². The number of benzene rings is 2. The fourth-order valence-corrected chi connectivity index (χ4v) is 7.40. The number of amides is 4. The van der Waals surface area contributed by atoms with Crippen LogP contribution in [0.3, 0.4) is 0 Å². The van der Waals surface area contributed by atoms with Crippen molar-refractivity contribution in [2.24, 2.45) is 11.5 Å². The summed E-state index contributed by atoms with van der Waals surface area (Å²) in [5.41, 5.74) is 14.9. The third-order valence-electron chi connectivity index (χ3n) is 9.64. The number of hydrogen-bond acceptors (Lipinski definition) is 14. The van der Waals surface area contributed by atoms with Crippen LogP contribution in [0.5, 0.6) is 11.5 Å². The minimum absolute atomic E-state index is 0.0537. The van der Waals surface area contributed by atoms with Crippen LogP contribution in [0.15, 0.2) is 48.6 Å². The summed E-state index contributed by atoms with van der Waals surface area (Å²) < 4.78 is 23.4. The first-order chi connectivity index (χ1) is 29.0. The minimum Gasteiger partial charge on any atom is -0.491 e. The first-order valence-corrected chi connectivity index (χ1v) is 20.7. The predicted octanol–water partition coefficient (Wildman–Crippen LogP) is 2.77. The molecule has 4 amide bonds. The summed E-state index contributed by atoms with van der Waals surface area (Å²) in [5, 5.41) is 14.5. The second kappa shape index (κ2) is 17.1. The Bertz CT molecular complexity index is 2730. The number of nitrogens with zero attached hydrogens (tertiary/aromatic N) is 8. The van der Waals surface area contributed by atoms with Gasteiger partial charge in [-0.2, -0.15) is 29.4 Å². The number of aromatic nitrogens is 8. The smallest absolute Gasteiger partial charge is 0.491 e. The maximum absolute atomic E-state index is 13.8. The fourth-order valence-electron chi connectivity index (χ4n) is 7.03. The normalized spacial score (nSPS) is 13.9. The van der Waals surface area contributed by atoms with Crippen LogP contribution < -0.4 is 31.6 Å². The van der Waals surface area contributed by atoms with Gasteiger partial charge in [0, 0.05) is 37.2 Å². The number of ether oxygens (including phenoxy) is 2. The zero-order chi connectivity index (χ0) is 43.7. The number of anilines is 2. The third-order valence-corrected chi connectivity index (χ3v) is 10.2. The van der Waals surface area contributed by atoms with E-state index in [4.69, 9.17) is 25.9 Å². The molecule has 0 fully saturated rings. The standard InChI is InChI=1S/C38H43N12O10P/c1-5-48-27(13-20(3)45-48)35(53)43-37-41-25-15-22(33(39)51)17-29(58-11-8-12-60-61(55,56)57)31(25)47(37)10-7-9-24-19-59-30-18-23(34(40)52)16-26-32(30)50(24)38(42-26)44-36(54)28-14-21(4)46-49(28)6-2/h7,9,13-18,24,55-57H,5-6,8,10-12,19H2,1-4H3,(H5-,39,40,41,42,43,44,51,52,53,54)/p+1/b9-7+/t24-/m0/s1. The Morgan fingerprint density at radius 2 is 1.41 bits per heavy atom. The molecule has 2 aromatic carbocycles. The van der Waals surface area contributed by atoms with Crippen LogP contribution in [0.4, 0.5) is 11.9 Å². The monoisotopic (exact) mass is 859 g/mol. The van der Waals surface area contributed by atoms with E-state index in [-0.39, 0.29) is 72.8 Å². The molecule has 0 radical (unpaired) electrons. The number of hydrogen-bond donors (Lipinski definition) is 7. The van der Waals surface area contributed by atoms with E-state index < -0.39 is 37.8 Å². The van der Waals surface area contributed by atoms with Crippen LogP contribution in [0.25, 0.3) is 22.1 Å². The summed E-state index contributed by atoms with van der Waals surface area (Å²) in [7, 11) is -4.46. The van der Waals surface area contributed by atoms with Crippen molar-refractivity contribution in [1.29, 1.82) is 0 Å². The van der Waals surface area contributed by atoms with Crippen molar-refractivity contribution in [3.05, 3.63) is 82.5 Å². The number of allylic oxidation sites excluding steroid dienone is 1. The lowest BCUT2D eigenvalue weighted by atomic mass is 10.1. The maximum Gasteiger partial charge on any atom is 0.567 e. The highest BCUT2D eigenvalue weighted by atomic mass is 31.2. The number of nitrogens with two attached hydrogens (primary N) is 2. The number of aryl methyl sites for hydroxylation is 4. The van der Waals surface area contributed by atoms with Gasteiger partial charge in [-0.25, -0.2) is 9.97 Å². The van der Waals surface area contributed by atoms with Crippen molar-refractivity contribution < 1.29 is 47.9 Å². The molecule has 23 heteroatoms. The molecule has 0 spiro atoms. The molecule has 7 rings (SSSR count). The zero-order valence-electron chi connectivity index (χ0n) is 33.5. The summed E-state index contributed by atoms with van der Waals surface area (Å²) in [6.45, 7) is 7.94. The molecule has 320 valence electrons. The molecule has 0 unspecified atom stereocenters. The number of nitrogens with one attached hydrogen (secondary N) is 2. The van der Waals surface area contributed by atoms with Gasteiger partial charge in [0.05, 0.1) is 35.1 Å². The van der Waals surface area contributed by atoms with Crippen LogP contribution in [0, 0.1) is 13.8 Å². The number of carbonyl (C=O) groups is 4. The average Bonchev–Trinajstić information content (AvgIpc) is 3.97. The number of fused-ring (bicyclic) bond motifs is 1. The van der Waals surface area contributed by atoms with Gasteiger partial charge in [0.1, 0.15) is 47.1 Å². The molecule has 4 aromatic heterocycles. The Morgan fingerprint density at radius 3 is 2.00 bits per heavy atom. The lowest BCUT2D eigenvalue weighted by Gasteiger charge is -2.25. The highest BCUT2D eigenvalue weighted by molar-refractivity contribution is 7.53. The van der Waals surface area contributed by atoms with Gasteiger partial charge in [-0.05, 0) is 64.1 Å². The van der Waals surface area contributed by atoms with Gasteiger partial charge < -0.3 is 25.5 Å². The number of primary amides is 2. The Kier molecular flexibility index (Phi) is 11.9. The largest absolute Gasteiger partial charge is 0.567 e. The van der Waals surface area contributed by atoms with Crippen molar-refractivity contribution in [2.75, 3.05) is 30.5 Å². The molecule has 22 nitrogen and oxygen atoms in total. The maximum atomic E-state index is 13.8. The van der Waals surface area contributed by atoms with Crippen LogP contribution >= 0.6 is 8.17 Å². The van der Waals surface area contributed by atoms with Crippen molar-refractivity contribution in [2.45, 2.75) is 59.8 Å². The first kappa shape index (κ1) is 42.4. The van der Waals surface area contributed by atoms with Gasteiger partial charge >= 0.3 is 8.17 Å². The molecular weight excluding hydrogens is 815 g/mol. The predicted molar refractivity (Wildman–Crippen MR) is 221 cm³/mol. The van der Waals surface area contributed by atoms with Crippen LogP contribution in [-0.4, -0.2) is 96.8 Å². The molecule has 0 bridgehead atoms. The molecule has 1 atom stereocenters. The number of imidazole rings is 2. The SMILES string of the molecule is CCn1nc(C)cc1C(=O)Nc1nc2cc(C(N)=O)cc(OCCCO[P+](O)(O)O)c2n1C/C=C/[C@H]1COc2cc(C(N)=O)cc3nc(NC(=O)c4cc(C)nn4CC)n1c23. The molecule has 0 aliphatic carbocycles. The van der Waals surface area contributed by atoms with Crippen LogP contribution in [0.1, 0.15) is 79.4 Å². The molecular formula is C38H44N12O10P+. The second-order valence-corrected chi connectivity index (χ2v) is 15.3. The van der Waals surface area contributed by atoms with E-state index in [0.29, 0.717) is 52.5 Å². The second-order valence-electron chi connectivity index (χ2n) is 14.0. The Balaban J connectivity index is 1.28. The molecule has 1 aliphatic heterocycles. The summed E-state index contributed by atoms with van der Waals surface area (Å²) in [6, 6.07) is 8.66. The van der Waals surface area contributed by atoms with Gasteiger partial charge in [0.15, 0.2) is 0 Å². The van der Waals surface area contributed by atoms with Gasteiger partial charge in [0.25, 0.3) is 11.8 Å². The van der Waals surface area contributed by atoms with Crippen molar-refractivity contribution in [1.82, 2.24) is 38.7 Å². The van der Waals surface area contributed by atoms with Crippen LogP contribution in [0.2, 0.25) is 0 Å². The highest BCUT2D eigenvalue weighted by Gasteiger charge is 2.33. The van der Waals surface area contributed by atoms with E-state index in [9.17, 15) is 33.9 Å². The summed E-state index contributed by atoms with van der Waals surface area (Å²) >= 11 is 0. The summed E-state index contributed by atoms with van der Waals surface area (Å²) in [5.74, 6) is -1.65. The number of rotatable bonds is 17. The van der Waals surface area contributed by atoms with Gasteiger partial charge in [0.2, 0.25) is 23.7 Å². The van der Waals surface area contributed by atoms with E-state index in [1.165, 1.54) is 24.3 Å². The Morgan fingerprint density at radius 1 is 0.836 bits per heavy atom. The molecule has 9 N–H and O–H groups in total. The topological polar surface area (TPSA) is 304 Å². The summed E-state index contributed by atoms with van der Waals surface area (Å²) in [6.07, 6.45) is 3.71. The molecule has 61 heavy (non-hydrogen) atoms. The van der Waals surface area contributed by atoms with Crippen molar-refractivity contribution in [3.8, 4) is 11.5 Å². The highest BCUT2D eigenvalue weighted by Crippen LogP contribution is 2.45. The van der Waals surface area contributed by atoms with Gasteiger partial charge in [-0.15, -0.1) is 0 Å². The molecule has 6 aromatic rings. The average molecular weight is 860 g/mol. The summed E-state index contributed by atoms with van der Waals surface area (Å²) in [4.78, 5) is 89.1. The minimum atomic E-state index is -4.46. The Hall–Kier alpha value is -6.71. The van der Waals surface area contributed by atoms with Gasteiger partial charge in [-0.3, -0.25) is 43.7 Å². The Labute approximate surface area is 347 Å². The van der Waals surface area contributed by atoms with E-state index in [1.807, 2.05) is 19.9 Å². The van der Waals surface area contributed by atoms with Crippen LogP contribution in [-0.2, 0) is 24.2 Å². The lowest BCUT2D eigenvalue weighted by molar-refractivity contribution is 0.0991. The number of carbonyl (C=O) groups excluding carboxylic acids is 4. The van der Waals surface area contributed by atoms with Crippen molar-refractivity contribution >= 4 is 65.8 Å². The molecule has 0 saturated carbocycles. The van der Waals surface area contributed by atoms with E-state index >= 15 is 0 Å².